The molecule has 1 unspecified atom stereocenters. The van der Waals surface area contributed by atoms with Crippen LogP contribution in [0, 0.1) is 5.92 Å². The minimum atomic E-state index is -2.93. The molecule has 3 nitrogen and oxygen atoms in total. The van der Waals surface area contributed by atoms with Gasteiger partial charge in [-0.25, -0.2) is 0 Å². The Hall–Kier alpha value is 0.150. The lowest BCUT2D eigenvalue weighted by Crippen LogP contribution is -2.28. The van der Waals surface area contributed by atoms with Gasteiger partial charge in [0, 0.05) is 12.2 Å². The quantitative estimate of drug-likeness (QED) is 0.703. The average Bonchev–Trinajstić information content (AvgIpc) is 1.81. The summed E-state index contributed by atoms with van der Waals surface area (Å²) in [6.45, 7) is 7.99. The Morgan fingerprint density at radius 1 is 1.31 bits per heavy atom. The molecule has 0 aliphatic rings. The van der Waals surface area contributed by atoms with E-state index in [2.05, 4.69) is 0 Å². The third-order valence-electron chi connectivity index (χ3n) is 1.98. The third kappa shape index (κ3) is 6.25. The number of nitrogens with zero attached hydrogens (tertiary/aromatic N) is 1. The summed E-state index contributed by atoms with van der Waals surface area (Å²) in [5.74, 6) is 0.288. The molecule has 0 rings (SSSR count). The molecule has 0 radical (unpaired) electrons. The summed E-state index contributed by atoms with van der Waals surface area (Å²) >= 11 is 0. The first kappa shape index (κ1) is 13.2. The zero-order valence-electron chi connectivity index (χ0n) is 9.32. The molecule has 0 aliphatic carbocycles. The van der Waals surface area contributed by atoms with E-state index in [1.165, 1.54) is 0 Å². The largest absolute Gasteiger partial charge is 0.343 e. The van der Waals surface area contributed by atoms with Gasteiger partial charge in [-0.1, -0.05) is 13.8 Å². The summed E-state index contributed by atoms with van der Waals surface area (Å²) < 4.78 is 11.7. The standard InChI is InChI=1S/C9H22NO2P/c1-8(2)6-13(11,12)7-10(5)9(3)4/h8-9H,6-7H2,1-5H3,(H,11,12). The topological polar surface area (TPSA) is 40.5 Å². The number of hydrogen-bond donors (Lipinski definition) is 1. The van der Waals surface area contributed by atoms with E-state index >= 15 is 0 Å². The van der Waals surface area contributed by atoms with Crippen molar-refractivity contribution in [2.24, 2.45) is 5.92 Å². The van der Waals surface area contributed by atoms with E-state index < -0.39 is 7.37 Å². The van der Waals surface area contributed by atoms with Crippen molar-refractivity contribution in [3.63, 3.8) is 0 Å². The Kier molecular flexibility index (Phi) is 5.19. The SMILES string of the molecule is CC(C)CP(=O)(O)CN(C)C(C)C. The molecule has 1 atom stereocenters. The van der Waals surface area contributed by atoms with Crippen molar-refractivity contribution in [2.75, 3.05) is 19.5 Å². The maximum absolute atomic E-state index is 11.7. The molecule has 0 saturated heterocycles. The van der Waals surface area contributed by atoms with Crippen molar-refractivity contribution < 1.29 is 9.46 Å². The van der Waals surface area contributed by atoms with Crippen molar-refractivity contribution in [2.45, 2.75) is 33.7 Å². The van der Waals surface area contributed by atoms with Crippen LogP contribution in [-0.4, -0.2) is 35.3 Å². The Bertz CT molecular complexity index is 192. The molecular formula is C9H22NO2P. The van der Waals surface area contributed by atoms with Gasteiger partial charge in [-0.15, -0.1) is 0 Å². The molecule has 80 valence electrons. The maximum Gasteiger partial charge on any atom is 0.214 e. The molecule has 4 heteroatoms. The van der Waals surface area contributed by atoms with Crippen LogP contribution in [0.4, 0.5) is 0 Å². The molecule has 0 spiro atoms. The van der Waals surface area contributed by atoms with Crippen LogP contribution in [0.25, 0.3) is 0 Å². The molecule has 0 heterocycles. The van der Waals surface area contributed by atoms with Gasteiger partial charge in [-0.05, 0) is 26.8 Å². The third-order valence-corrected chi connectivity index (χ3v) is 4.17. The summed E-state index contributed by atoms with van der Waals surface area (Å²) in [4.78, 5) is 11.5. The summed E-state index contributed by atoms with van der Waals surface area (Å²) in [6, 6.07) is 0.327. The highest BCUT2D eigenvalue weighted by molar-refractivity contribution is 7.57. The molecule has 0 amide bonds. The molecule has 0 bridgehead atoms. The van der Waals surface area contributed by atoms with Crippen LogP contribution in [0.15, 0.2) is 0 Å². The van der Waals surface area contributed by atoms with Crippen LogP contribution in [0.5, 0.6) is 0 Å². The predicted octanol–water partition coefficient (Wildman–Crippen LogP) is 2.21. The first-order valence-corrected chi connectivity index (χ1v) is 6.78. The number of hydrogen-bond acceptors (Lipinski definition) is 2. The monoisotopic (exact) mass is 207 g/mol. The van der Waals surface area contributed by atoms with Crippen LogP contribution < -0.4 is 0 Å². The summed E-state index contributed by atoms with van der Waals surface area (Å²) in [7, 11) is -1.05. The van der Waals surface area contributed by atoms with E-state index in [1.54, 1.807) is 0 Å². The van der Waals surface area contributed by atoms with E-state index in [0.29, 0.717) is 18.5 Å². The lowest BCUT2D eigenvalue weighted by atomic mass is 10.3. The van der Waals surface area contributed by atoms with Crippen molar-refractivity contribution in [1.29, 1.82) is 0 Å². The van der Waals surface area contributed by atoms with Gasteiger partial charge in [0.2, 0.25) is 7.37 Å². The Morgan fingerprint density at radius 3 is 2.08 bits per heavy atom. The van der Waals surface area contributed by atoms with Gasteiger partial charge in [0.05, 0.1) is 6.29 Å². The van der Waals surface area contributed by atoms with Crippen LogP contribution in [0.3, 0.4) is 0 Å². The summed E-state index contributed by atoms with van der Waals surface area (Å²) in [5.41, 5.74) is 0. The van der Waals surface area contributed by atoms with Crippen molar-refractivity contribution in [3.05, 3.63) is 0 Å². The van der Waals surface area contributed by atoms with Gasteiger partial charge < -0.3 is 4.89 Å². The Labute approximate surface area is 81.6 Å². The van der Waals surface area contributed by atoms with Gasteiger partial charge in [-0.2, -0.15) is 0 Å². The lowest BCUT2D eigenvalue weighted by molar-refractivity contribution is 0.300. The van der Waals surface area contributed by atoms with E-state index in [4.69, 9.17) is 0 Å². The fourth-order valence-electron chi connectivity index (χ4n) is 1.14. The van der Waals surface area contributed by atoms with Gasteiger partial charge in [0.1, 0.15) is 0 Å². The zero-order valence-corrected chi connectivity index (χ0v) is 10.2. The van der Waals surface area contributed by atoms with E-state index in [-0.39, 0.29) is 5.92 Å². The van der Waals surface area contributed by atoms with Crippen molar-refractivity contribution >= 4 is 7.37 Å². The normalized spacial score (nSPS) is 17.0. The fraction of sp³-hybridized carbons (Fsp3) is 1.00. The highest BCUT2D eigenvalue weighted by Crippen LogP contribution is 2.42. The molecule has 0 aliphatic heterocycles. The second kappa shape index (κ2) is 5.14. The molecule has 0 aromatic heterocycles. The predicted molar refractivity (Wildman–Crippen MR) is 57.3 cm³/mol. The van der Waals surface area contributed by atoms with Crippen LogP contribution in [0.2, 0.25) is 0 Å². The Morgan fingerprint density at radius 2 is 1.77 bits per heavy atom. The van der Waals surface area contributed by atoms with Gasteiger partial charge in [-0.3, -0.25) is 9.46 Å². The molecule has 1 N–H and O–H groups in total. The zero-order chi connectivity index (χ0) is 10.6. The maximum atomic E-state index is 11.7. The van der Waals surface area contributed by atoms with Crippen molar-refractivity contribution in [3.8, 4) is 0 Å². The van der Waals surface area contributed by atoms with Gasteiger partial charge in [0.15, 0.2) is 0 Å². The van der Waals surface area contributed by atoms with E-state index in [9.17, 15) is 9.46 Å². The van der Waals surface area contributed by atoms with Crippen LogP contribution >= 0.6 is 7.37 Å². The van der Waals surface area contributed by atoms with Crippen molar-refractivity contribution in [1.82, 2.24) is 4.90 Å². The lowest BCUT2D eigenvalue weighted by Gasteiger charge is -2.24. The van der Waals surface area contributed by atoms with Crippen LogP contribution in [0.1, 0.15) is 27.7 Å². The minimum Gasteiger partial charge on any atom is -0.343 e. The Balaban J connectivity index is 4.09. The molecule has 0 aromatic carbocycles. The summed E-state index contributed by atoms with van der Waals surface area (Å²) in [6.07, 6.45) is 0.729. The first-order valence-electron chi connectivity index (χ1n) is 4.75. The highest BCUT2D eigenvalue weighted by Gasteiger charge is 2.22. The van der Waals surface area contributed by atoms with Crippen LogP contribution in [-0.2, 0) is 4.57 Å². The molecule has 0 aromatic rings. The van der Waals surface area contributed by atoms with Gasteiger partial charge >= 0.3 is 0 Å². The second-order valence-corrected chi connectivity index (χ2v) is 6.76. The fourth-order valence-corrected chi connectivity index (χ4v) is 3.42. The first-order chi connectivity index (χ1) is 5.74. The summed E-state index contributed by atoms with van der Waals surface area (Å²) in [5, 5.41) is 0. The van der Waals surface area contributed by atoms with E-state index in [1.807, 2.05) is 39.6 Å². The molecule has 13 heavy (non-hydrogen) atoms. The molecular weight excluding hydrogens is 185 g/mol. The van der Waals surface area contributed by atoms with E-state index in [0.717, 1.165) is 0 Å². The highest BCUT2D eigenvalue weighted by atomic mass is 31.2. The van der Waals surface area contributed by atoms with Gasteiger partial charge in [0.25, 0.3) is 0 Å². The smallest absolute Gasteiger partial charge is 0.214 e. The second-order valence-electron chi connectivity index (χ2n) is 4.41. The molecule has 0 saturated carbocycles. The number of rotatable bonds is 5. The molecule has 0 fully saturated rings. The minimum absolute atomic E-state index is 0.288. The average molecular weight is 207 g/mol.